The van der Waals surface area contributed by atoms with E-state index >= 15 is 0 Å². The summed E-state index contributed by atoms with van der Waals surface area (Å²) in [5, 5.41) is 20.8. The Morgan fingerprint density at radius 2 is 0.846 bits per heavy atom. The number of nitriles is 2. The number of hydrogen-bond donors (Lipinski definition) is 0. The van der Waals surface area contributed by atoms with Crippen molar-refractivity contribution in [2.75, 3.05) is 26.2 Å². The Morgan fingerprint density at radius 3 is 1.12 bits per heavy atom. The van der Waals surface area contributed by atoms with E-state index in [2.05, 4.69) is 22.1 Å². The van der Waals surface area contributed by atoms with Gasteiger partial charge in [-0.25, -0.2) is 25.6 Å². The average molecular weight is 917 g/mol. The maximum Gasteiger partial charge on any atom is 0.243 e. The van der Waals surface area contributed by atoms with Crippen LogP contribution < -0.4 is 0 Å². The zero-order valence-corrected chi connectivity index (χ0v) is 37.7. The minimum absolute atomic E-state index is 0. The van der Waals surface area contributed by atoms with Gasteiger partial charge in [-0.2, -0.15) is 19.1 Å². The van der Waals surface area contributed by atoms with Gasteiger partial charge in [-0.3, -0.25) is 9.97 Å². The van der Waals surface area contributed by atoms with Crippen molar-refractivity contribution in [1.29, 1.82) is 10.5 Å². The summed E-state index contributed by atoms with van der Waals surface area (Å²) >= 11 is 0. The van der Waals surface area contributed by atoms with Crippen LogP contribution in [0.2, 0.25) is 0 Å². The quantitative estimate of drug-likeness (QED) is 0.132. The van der Waals surface area contributed by atoms with Crippen LogP contribution in [-0.4, -0.2) is 67.1 Å². The van der Waals surface area contributed by atoms with Crippen molar-refractivity contribution in [3.8, 4) is 12.1 Å². The molecule has 2 saturated heterocycles. The van der Waals surface area contributed by atoms with Crippen molar-refractivity contribution < 1.29 is 31.1 Å². The van der Waals surface area contributed by atoms with E-state index in [1.54, 1.807) is 97.3 Å². The molecule has 0 spiro atoms. The molecular weight excluding hydrogens is 867 g/mol. The maximum atomic E-state index is 13.6. The molecule has 0 amide bonds. The normalized spacial score (nSPS) is 17.1. The van der Waals surface area contributed by atoms with Gasteiger partial charge in [-0.1, -0.05) is 71.8 Å². The van der Waals surface area contributed by atoms with Crippen LogP contribution in [0.5, 0.6) is 0 Å². The fraction of sp³-hybridized carbons (Fsp3) is 0.280. The van der Waals surface area contributed by atoms with Gasteiger partial charge < -0.3 is 5.48 Å². The number of hydrogen-bond acceptors (Lipinski definition) is 8. The van der Waals surface area contributed by atoms with E-state index in [0.717, 1.165) is 11.1 Å². The Bertz CT molecular complexity index is 2630. The molecule has 15 heteroatoms. The van der Waals surface area contributed by atoms with E-state index in [1.165, 1.54) is 32.9 Å². The van der Waals surface area contributed by atoms with Gasteiger partial charge in [0.05, 0.1) is 33.3 Å². The molecule has 6 aromatic rings. The summed E-state index contributed by atoms with van der Waals surface area (Å²) in [4.78, 5) is 9.49. The molecule has 65 heavy (non-hydrogen) atoms. The standard InChI is InChI=1S/2C25H24FN3O2S.H2O/c2*1-19-5-11-23(12-6-19)32(30,31)29-16-13-21(14-17-29)25(18-27,24-4-2-3-15-28-24)20-7-9-22(26)10-8-20;/h2*2-12,15,21H,13-14,16-17H2,1H3;1H2. The predicted molar refractivity (Wildman–Crippen MR) is 243 cm³/mol. The maximum absolute atomic E-state index is 13.6. The van der Waals surface area contributed by atoms with E-state index < -0.39 is 30.9 Å². The number of aromatic nitrogens is 2. The Labute approximate surface area is 380 Å². The third-order valence-electron chi connectivity index (χ3n) is 12.5. The van der Waals surface area contributed by atoms with E-state index in [-0.39, 0.29) is 38.7 Å². The van der Waals surface area contributed by atoms with Gasteiger partial charge in [-0.15, -0.1) is 0 Å². The highest BCUT2D eigenvalue weighted by molar-refractivity contribution is 7.89. The van der Waals surface area contributed by atoms with Crippen LogP contribution in [0, 0.1) is 60.0 Å². The monoisotopic (exact) mass is 916 g/mol. The number of halogens is 2. The van der Waals surface area contributed by atoms with Crippen molar-refractivity contribution in [3.63, 3.8) is 0 Å². The van der Waals surface area contributed by atoms with Gasteiger partial charge in [0.2, 0.25) is 20.0 Å². The lowest BCUT2D eigenvalue weighted by atomic mass is 9.65. The lowest BCUT2D eigenvalue weighted by molar-refractivity contribution is 0.226. The van der Waals surface area contributed by atoms with Gasteiger partial charge in [0.15, 0.2) is 0 Å². The summed E-state index contributed by atoms with van der Waals surface area (Å²) in [6, 6.07) is 41.4. The lowest BCUT2D eigenvalue weighted by Gasteiger charge is -2.40. The van der Waals surface area contributed by atoms with E-state index in [4.69, 9.17) is 0 Å². The molecule has 2 aliphatic heterocycles. The molecule has 4 aromatic carbocycles. The van der Waals surface area contributed by atoms with Crippen LogP contribution in [0.15, 0.2) is 156 Å². The molecule has 0 saturated carbocycles. The average Bonchev–Trinajstić information content (AvgIpc) is 3.32. The van der Waals surface area contributed by atoms with Gasteiger partial charge in [0, 0.05) is 38.6 Å². The fourth-order valence-electron chi connectivity index (χ4n) is 9.01. The Balaban J connectivity index is 0.000000212. The second-order valence-electron chi connectivity index (χ2n) is 16.3. The van der Waals surface area contributed by atoms with Crippen LogP contribution in [0.1, 0.15) is 59.3 Å². The number of rotatable bonds is 10. The summed E-state index contributed by atoms with van der Waals surface area (Å²) in [7, 11) is -7.21. The van der Waals surface area contributed by atoms with E-state index in [0.29, 0.717) is 74.4 Å². The summed E-state index contributed by atoms with van der Waals surface area (Å²) in [5.41, 5.74) is 2.33. The topological polar surface area (TPSA) is 180 Å². The zero-order valence-electron chi connectivity index (χ0n) is 36.1. The van der Waals surface area contributed by atoms with Crippen molar-refractivity contribution in [2.45, 2.75) is 60.2 Å². The number of sulfonamides is 2. The highest BCUT2D eigenvalue weighted by Crippen LogP contribution is 2.45. The molecule has 0 radical (unpaired) electrons. The molecule has 2 fully saturated rings. The smallest absolute Gasteiger partial charge is 0.243 e. The van der Waals surface area contributed by atoms with Gasteiger partial charge in [0.1, 0.15) is 22.5 Å². The van der Waals surface area contributed by atoms with Crippen LogP contribution >= 0.6 is 0 Å². The number of benzene rings is 4. The molecule has 0 bridgehead atoms. The third-order valence-corrected chi connectivity index (χ3v) is 16.4. The minimum atomic E-state index is -3.60. The molecule has 2 N–H and O–H groups in total. The number of piperidine rings is 2. The lowest BCUT2D eigenvalue weighted by Crippen LogP contribution is -2.45. The Morgan fingerprint density at radius 1 is 0.523 bits per heavy atom. The Kier molecular flexibility index (Phi) is 15.1. The summed E-state index contributed by atoms with van der Waals surface area (Å²) in [6.07, 6.45) is 5.25. The number of aryl methyl sites for hydroxylation is 2. The SMILES string of the molecule is Cc1ccc(S(=O)(=O)N2CCC(C(C#N)(c3ccc(F)cc3)c3ccccn3)CC2)cc1.Cc1ccc(S(=O)(=O)N2CCC(C(C#N)(c3ccc(F)cc3)c3ccccn3)CC2)cc1.O. The van der Waals surface area contributed by atoms with E-state index in [1.807, 2.05) is 38.1 Å². The summed E-state index contributed by atoms with van der Waals surface area (Å²) in [5.74, 6) is -1.09. The van der Waals surface area contributed by atoms with Crippen LogP contribution in [0.3, 0.4) is 0 Å². The van der Waals surface area contributed by atoms with Gasteiger partial charge >= 0.3 is 0 Å². The van der Waals surface area contributed by atoms with Crippen LogP contribution in [-0.2, 0) is 30.9 Å². The molecule has 0 aliphatic carbocycles. The summed E-state index contributed by atoms with van der Waals surface area (Å²) in [6.45, 7) is 5.04. The predicted octanol–water partition coefficient (Wildman–Crippen LogP) is 8.05. The van der Waals surface area contributed by atoms with Gasteiger partial charge in [-0.05, 0) is 135 Å². The molecule has 2 aromatic heterocycles. The molecule has 2 atom stereocenters. The number of pyridine rings is 2. The largest absolute Gasteiger partial charge is 0.412 e. The van der Waals surface area contributed by atoms with Crippen molar-refractivity contribution in [3.05, 3.63) is 191 Å². The fourth-order valence-corrected chi connectivity index (χ4v) is 11.9. The van der Waals surface area contributed by atoms with Crippen molar-refractivity contribution in [1.82, 2.24) is 18.6 Å². The first-order valence-electron chi connectivity index (χ1n) is 21.1. The molecule has 4 heterocycles. The second kappa shape index (κ2) is 20.3. The number of nitrogens with zero attached hydrogens (tertiary/aromatic N) is 6. The third kappa shape index (κ3) is 9.76. The van der Waals surface area contributed by atoms with Crippen molar-refractivity contribution in [2.24, 2.45) is 11.8 Å². The van der Waals surface area contributed by atoms with Crippen LogP contribution in [0.25, 0.3) is 0 Å². The van der Waals surface area contributed by atoms with Crippen LogP contribution in [0.4, 0.5) is 8.78 Å². The first kappa shape index (κ1) is 48.3. The van der Waals surface area contributed by atoms with Gasteiger partial charge in [0.25, 0.3) is 0 Å². The highest BCUT2D eigenvalue weighted by Gasteiger charge is 2.48. The molecule has 2 unspecified atom stereocenters. The molecule has 2 aliphatic rings. The minimum Gasteiger partial charge on any atom is -0.412 e. The van der Waals surface area contributed by atoms with Crippen molar-refractivity contribution >= 4 is 20.0 Å². The summed E-state index contributed by atoms with van der Waals surface area (Å²) < 4.78 is 82.6. The molecule has 11 nitrogen and oxygen atoms in total. The first-order valence-corrected chi connectivity index (χ1v) is 23.9. The highest BCUT2D eigenvalue weighted by atomic mass is 32.2. The van der Waals surface area contributed by atoms with E-state index in [9.17, 15) is 36.1 Å². The molecule has 8 rings (SSSR count). The first-order chi connectivity index (χ1) is 30.7. The Hall–Kier alpha value is -6.20. The second-order valence-corrected chi connectivity index (χ2v) is 20.1. The molecular formula is C50H50F2N6O5S2. The molecule has 336 valence electrons. The zero-order chi connectivity index (χ0) is 45.5.